The van der Waals surface area contributed by atoms with Crippen molar-refractivity contribution in [2.24, 2.45) is 5.92 Å². The summed E-state index contributed by atoms with van der Waals surface area (Å²) in [5.41, 5.74) is 1.05. The molecule has 0 aromatic heterocycles. The van der Waals surface area contributed by atoms with Gasteiger partial charge in [0.15, 0.2) is 0 Å². The molecule has 0 amide bonds. The average molecular weight is 270 g/mol. The van der Waals surface area contributed by atoms with Gasteiger partial charge in [0.1, 0.15) is 0 Å². The third-order valence-electron chi connectivity index (χ3n) is 2.79. The number of anilines is 1. The van der Waals surface area contributed by atoms with Crippen LogP contribution in [-0.2, 0) is 4.79 Å². The Balaban J connectivity index is 2.10. The molecule has 0 saturated heterocycles. The van der Waals surface area contributed by atoms with E-state index in [4.69, 9.17) is 5.11 Å². The van der Waals surface area contributed by atoms with Crippen LogP contribution in [0.15, 0.2) is 28.7 Å². The first-order valence-electron chi connectivity index (χ1n) is 4.81. The molecule has 1 aromatic carbocycles. The van der Waals surface area contributed by atoms with E-state index in [1.807, 2.05) is 36.2 Å². The van der Waals surface area contributed by atoms with Crippen LogP contribution in [0.4, 0.5) is 5.69 Å². The van der Waals surface area contributed by atoms with Crippen molar-refractivity contribution in [3.8, 4) is 0 Å². The minimum absolute atomic E-state index is 0.150. The molecule has 1 aliphatic rings. The number of carboxylic acids is 1. The van der Waals surface area contributed by atoms with Crippen LogP contribution in [0, 0.1) is 5.92 Å². The molecule has 1 fully saturated rings. The Morgan fingerprint density at radius 1 is 1.60 bits per heavy atom. The van der Waals surface area contributed by atoms with Crippen LogP contribution in [0.5, 0.6) is 0 Å². The first kappa shape index (κ1) is 10.5. The van der Waals surface area contributed by atoms with Crippen molar-refractivity contribution >= 4 is 27.6 Å². The van der Waals surface area contributed by atoms with E-state index in [0.717, 1.165) is 16.6 Å². The van der Waals surface area contributed by atoms with Crippen molar-refractivity contribution in [1.82, 2.24) is 0 Å². The van der Waals surface area contributed by atoms with E-state index >= 15 is 0 Å². The number of halogens is 1. The SMILES string of the molecule is CN(c1cccc(Br)c1)C1CC1C(=O)O. The normalized spacial score (nSPS) is 23.6. The summed E-state index contributed by atoms with van der Waals surface area (Å²) < 4.78 is 1.01. The third kappa shape index (κ3) is 2.15. The van der Waals surface area contributed by atoms with E-state index in [1.165, 1.54) is 0 Å². The molecule has 1 aliphatic carbocycles. The van der Waals surface area contributed by atoms with Crippen molar-refractivity contribution in [2.45, 2.75) is 12.5 Å². The molecule has 1 aromatic rings. The summed E-state index contributed by atoms with van der Waals surface area (Å²) in [5, 5.41) is 8.84. The Bertz CT molecular complexity index is 394. The van der Waals surface area contributed by atoms with Crippen molar-refractivity contribution in [3.63, 3.8) is 0 Å². The summed E-state index contributed by atoms with van der Waals surface area (Å²) in [5.74, 6) is -0.893. The standard InChI is InChI=1S/C11H12BrNO2/c1-13(10-6-9(10)11(14)15)8-4-2-3-7(12)5-8/h2-5,9-10H,6H2,1H3,(H,14,15). The van der Waals surface area contributed by atoms with Crippen molar-refractivity contribution < 1.29 is 9.90 Å². The van der Waals surface area contributed by atoms with E-state index in [2.05, 4.69) is 15.9 Å². The second kappa shape index (κ2) is 3.85. The average Bonchev–Trinajstić information content (AvgIpc) is 2.96. The number of aliphatic carboxylic acids is 1. The maximum absolute atomic E-state index is 10.7. The van der Waals surface area contributed by atoms with Crippen LogP contribution in [0.3, 0.4) is 0 Å². The lowest BCUT2D eigenvalue weighted by Crippen LogP contribution is -2.23. The predicted molar refractivity (Wildman–Crippen MR) is 62.1 cm³/mol. The number of carbonyl (C=O) groups is 1. The van der Waals surface area contributed by atoms with Gasteiger partial charge >= 0.3 is 5.97 Å². The molecule has 15 heavy (non-hydrogen) atoms. The van der Waals surface area contributed by atoms with Gasteiger partial charge in [0.25, 0.3) is 0 Å². The van der Waals surface area contributed by atoms with Crippen molar-refractivity contribution in [1.29, 1.82) is 0 Å². The first-order valence-corrected chi connectivity index (χ1v) is 5.60. The third-order valence-corrected chi connectivity index (χ3v) is 3.28. The number of carboxylic acid groups (broad SMARTS) is 1. The van der Waals surface area contributed by atoms with Gasteiger partial charge in [0.05, 0.1) is 5.92 Å². The molecular weight excluding hydrogens is 258 g/mol. The monoisotopic (exact) mass is 269 g/mol. The van der Waals surface area contributed by atoms with Gasteiger partial charge in [-0.15, -0.1) is 0 Å². The number of rotatable bonds is 3. The largest absolute Gasteiger partial charge is 0.481 e. The van der Waals surface area contributed by atoms with Gasteiger partial charge in [0.2, 0.25) is 0 Å². The molecule has 2 atom stereocenters. The van der Waals surface area contributed by atoms with Gasteiger partial charge in [-0.25, -0.2) is 0 Å². The highest BCUT2D eigenvalue weighted by Crippen LogP contribution is 2.38. The fourth-order valence-corrected chi connectivity index (χ4v) is 2.15. The van der Waals surface area contributed by atoms with Crippen molar-refractivity contribution in [3.05, 3.63) is 28.7 Å². The zero-order valence-corrected chi connectivity index (χ0v) is 9.94. The van der Waals surface area contributed by atoms with Gasteiger partial charge in [-0.2, -0.15) is 0 Å². The Morgan fingerprint density at radius 3 is 2.87 bits per heavy atom. The molecule has 80 valence electrons. The quantitative estimate of drug-likeness (QED) is 0.916. The summed E-state index contributed by atoms with van der Waals surface area (Å²) in [4.78, 5) is 12.8. The minimum Gasteiger partial charge on any atom is -0.481 e. The van der Waals surface area contributed by atoms with E-state index in [0.29, 0.717) is 0 Å². The van der Waals surface area contributed by atoms with Crippen LogP contribution in [0.1, 0.15) is 6.42 Å². The summed E-state index contributed by atoms with van der Waals surface area (Å²) in [7, 11) is 1.94. The Morgan fingerprint density at radius 2 is 2.33 bits per heavy atom. The summed E-state index contributed by atoms with van der Waals surface area (Å²) in [6.45, 7) is 0. The highest BCUT2D eigenvalue weighted by Gasteiger charge is 2.46. The highest BCUT2D eigenvalue weighted by molar-refractivity contribution is 9.10. The molecular formula is C11H12BrNO2. The first-order chi connectivity index (χ1) is 7.09. The van der Waals surface area contributed by atoms with Crippen molar-refractivity contribution in [2.75, 3.05) is 11.9 Å². The molecule has 4 heteroatoms. The fourth-order valence-electron chi connectivity index (χ4n) is 1.76. The topological polar surface area (TPSA) is 40.5 Å². The molecule has 1 saturated carbocycles. The van der Waals surface area contributed by atoms with Crippen LogP contribution in [0.25, 0.3) is 0 Å². The molecule has 0 spiro atoms. The Kier molecular flexibility index (Phi) is 2.69. The van der Waals surface area contributed by atoms with E-state index < -0.39 is 5.97 Å². The van der Waals surface area contributed by atoms with Gasteiger partial charge in [0, 0.05) is 23.2 Å². The molecule has 0 heterocycles. The Labute approximate surface area is 96.8 Å². The summed E-state index contributed by atoms with van der Waals surface area (Å²) >= 11 is 3.40. The smallest absolute Gasteiger partial charge is 0.308 e. The van der Waals surface area contributed by atoms with Crippen LogP contribution in [0.2, 0.25) is 0 Å². The second-order valence-corrected chi connectivity index (χ2v) is 4.75. The predicted octanol–water partition coefficient (Wildman–Crippen LogP) is 2.36. The van der Waals surface area contributed by atoms with Crippen LogP contribution < -0.4 is 4.90 Å². The van der Waals surface area contributed by atoms with Gasteiger partial charge in [-0.3, -0.25) is 4.79 Å². The van der Waals surface area contributed by atoms with Gasteiger partial charge < -0.3 is 10.0 Å². The molecule has 2 rings (SSSR count). The number of hydrogen-bond donors (Lipinski definition) is 1. The van der Waals surface area contributed by atoms with Crippen LogP contribution >= 0.6 is 15.9 Å². The Hall–Kier alpha value is -1.03. The zero-order valence-electron chi connectivity index (χ0n) is 8.35. The van der Waals surface area contributed by atoms with E-state index in [1.54, 1.807) is 0 Å². The second-order valence-electron chi connectivity index (χ2n) is 3.84. The molecule has 1 N–H and O–H groups in total. The minimum atomic E-state index is -0.693. The van der Waals surface area contributed by atoms with Gasteiger partial charge in [-0.1, -0.05) is 22.0 Å². The maximum atomic E-state index is 10.7. The lowest BCUT2D eigenvalue weighted by Gasteiger charge is -2.19. The highest BCUT2D eigenvalue weighted by atomic mass is 79.9. The number of benzene rings is 1. The van der Waals surface area contributed by atoms with E-state index in [-0.39, 0.29) is 12.0 Å². The number of hydrogen-bond acceptors (Lipinski definition) is 2. The zero-order chi connectivity index (χ0) is 11.0. The molecule has 2 unspecified atom stereocenters. The van der Waals surface area contributed by atoms with E-state index in [9.17, 15) is 4.79 Å². The maximum Gasteiger partial charge on any atom is 0.308 e. The summed E-state index contributed by atoms with van der Waals surface area (Å²) in [6, 6.07) is 8.04. The molecule has 3 nitrogen and oxygen atoms in total. The number of nitrogens with zero attached hydrogens (tertiary/aromatic N) is 1. The fraction of sp³-hybridized carbons (Fsp3) is 0.364. The molecule has 0 radical (unpaired) electrons. The molecule has 0 bridgehead atoms. The van der Waals surface area contributed by atoms with Crippen LogP contribution in [-0.4, -0.2) is 24.2 Å². The lowest BCUT2D eigenvalue weighted by atomic mass is 10.3. The molecule has 0 aliphatic heterocycles. The summed E-state index contributed by atoms with van der Waals surface area (Å²) in [6.07, 6.45) is 0.748. The lowest BCUT2D eigenvalue weighted by molar-refractivity contribution is -0.138. The van der Waals surface area contributed by atoms with Gasteiger partial charge in [-0.05, 0) is 24.6 Å².